The van der Waals surface area contributed by atoms with Crippen molar-refractivity contribution >= 4 is 23.2 Å². The molecule has 0 heterocycles. The number of carboxylic acid groups (broad SMARTS) is 1. The summed E-state index contributed by atoms with van der Waals surface area (Å²) in [5, 5.41) is 8.49. The first-order valence-corrected chi connectivity index (χ1v) is 5.28. The molecule has 0 saturated carbocycles. The van der Waals surface area contributed by atoms with Crippen LogP contribution in [0.2, 0.25) is 0 Å². The number of ketones is 1. The predicted molar refractivity (Wildman–Crippen MR) is 65.9 cm³/mol. The van der Waals surface area contributed by atoms with E-state index in [0.717, 1.165) is 16.8 Å². The summed E-state index contributed by atoms with van der Waals surface area (Å²) in [6.45, 7) is 5.58. The van der Waals surface area contributed by atoms with Gasteiger partial charge in [-0.25, -0.2) is 4.79 Å². The van der Waals surface area contributed by atoms with Crippen molar-refractivity contribution in [3.63, 3.8) is 0 Å². The Morgan fingerprint density at radius 1 is 1.29 bits per heavy atom. The number of carbonyl (C=O) groups is 2. The molecule has 0 atom stereocenters. The third-order valence-corrected chi connectivity index (χ3v) is 2.54. The van der Waals surface area contributed by atoms with Crippen LogP contribution in [0.3, 0.4) is 0 Å². The smallest absolute Gasteiger partial charge is 0.372 e. The molecule has 0 aliphatic heterocycles. The van der Waals surface area contributed by atoms with Gasteiger partial charge in [0.2, 0.25) is 5.78 Å². The highest BCUT2D eigenvalue weighted by Gasteiger charge is 2.12. The fraction of sp³-hybridized carbons (Fsp3) is 0.308. The molecule has 1 N–H and O–H groups in total. The maximum absolute atomic E-state index is 11.0. The van der Waals surface area contributed by atoms with Gasteiger partial charge in [-0.2, -0.15) is 0 Å². The second kappa shape index (κ2) is 5.39. The molecular weight excluding hydrogens is 218 g/mol. The Hall–Kier alpha value is -1.97. The molecule has 1 aromatic rings. The molecule has 0 bridgehead atoms. The molecule has 4 heteroatoms. The molecule has 0 amide bonds. The summed E-state index contributed by atoms with van der Waals surface area (Å²) in [7, 11) is 0. The van der Waals surface area contributed by atoms with Crippen LogP contribution in [0.25, 0.3) is 0 Å². The molecule has 17 heavy (non-hydrogen) atoms. The zero-order chi connectivity index (χ0) is 13.0. The molecule has 1 rings (SSSR count). The summed E-state index contributed by atoms with van der Waals surface area (Å²) < 4.78 is 0. The van der Waals surface area contributed by atoms with E-state index in [0.29, 0.717) is 5.71 Å². The van der Waals surface area contributed by atoms with Crippen LogP contribution in [0.1, 0.15) is 24.5 Å². The van der Waals surface area contributed by atoms with Gasteiger partial charge in [0.1, 0.15) is 0 Å². The highest BCUT2D eigenvalue weighted by Crippen LogP contribution is 2.21. The first-order chi connectivity index (χ1) is 7.91. The Balaban J connectivity index is 2.92. The number of aliphatic imine (C=N–C) groups is 1. The standard InChI is InChI=1S/C13H15NO3/c1-8-5-4-6-11(10(8)3)14-9(2)7-12(15)13(16)17/h4-6H,7H2,1-3H3,(H,16,17). The first kappa shape index (κ1) is 13.1. The normalized spacial score (nSPS) is 11.4. The fourth-order valence-electron chi connectivity index (χ4n) is 1.41. The van der Waals surface area contributed by atoms with Gasteiger partial charge in [0.05, 0.1) is 12.1 Å². The minimum atomic E-state index is -1.42. The molecule has 0 saturated heterocycles. The predicted octanol–water partition coefficient (Wildman–Crippen LogP) is 2.44. The maximum Gasteiger partial charge on any atom is 0.372 e. The highest BCUT2D eigenvalue weighted by atomic mass is 16.4. The SMILES string of the molecule is CC(CC(=O)C(=O)O)=Nc1cccc(C)c1C. The van der Waals surface area contributed by atoms with Gasteiger partial charge in [-0.3, -0.25) is 9.79 Å². The number of aliphatic carboxylic acids is 1. The minimum Gasteiger partial charge on any atom is -0.475 e. The van der Waals surface area contributed by atoms with Gasteiger partial charge in [-0.1, -0.05) is 12.1 Å². The van der Waals surface area contributed by atoms with Crippen LogP contribution >= 0.6 is 0 Å². The van der Waals surface area contributed by atoms with Crippen LogP contribution in [-0.2, 0) is 9.59 Å². The molecule has 4 nitrogen and oxygen atoms in total. The van der Waals surface area contributed by atoms with E-state index in [2.05, 4.69) is 4.99 Å². The van der Waals surface area contributed by atoms with Gasteiger partial charge in [-0.15, -0.1) is 0 Å². The van der Waals surface area contributed by atoms with Crippen LogP contribution < -0.4 is 0 Å². The second-order valence-corrected chi connectivity index (χ2v) is 3.97. The lowest BCUT2D eigenvalue weighted by Gasteiger charge is -2.04. The summed E-state index contributed by atoms with van der Waals surface area (Å²) in [6, 6.07) is 5.70. The van der Waals surface area contributed by atoms with E-state index >= 15 is 0 Å². The number of nitrogens with zero attached hydrogens (tertiary/aromatic N) is 1. The van der Waals surface area contributed by atoms with Crippen LogP contribution in [-0.4, -0.2) is 22.6 Å². The summed E-state index contributed by atoms with van der Waals surface area (Å²) in [5.41, 5.74) is 3.44. The molecule has 0 radical (unpaired) electrons. The summed E-state index contributed by atoms with van der Waals surface area (Å²) >= 11 is 0. The second-order valence-electron chi connectivity index (χ2n) is 3.97. The molecule has 0 spiro atoms. The summed E-state index contributed by atoms with van der Waals surface area (Å²) in [5.74, 6) is -2.25. The Morgan fingerprint density at radius 3 is 2.53 bits per heavy atom. The van der Waals surface area contributed by atoms with Crippen LogP contribution in [0.15, 0.2) is 23.2 Å². The van der Waals surface area contributed by atoms with Gasteiger partial charge in [0.25, 0.3) is 0 Å². The van der Waals surface area contributed by atoms with Gasteiger partial charge in [0, 0.05) is 5.71 Å². The number of rotatable bonds is 4. The molecule has 1 aromatic carbocycles. The average molecular weight is 233 g/mol. The highest BCUT2D eigenvalue weighted by molar-refractivity contribution is 6.36. The van der Waals surface area contributed by atoms with E-state index in [1.54, 1.807) is 6.92 Å². The van der Waals surface area contributed by atoms with Crippen molar-refractivity contribution < 1.29 is 14.7 Å². The number of carbonyl (C=O) groups excluding carboxylic acids is 1. The van der Waals surface area contributed by atoms with Crippen molar-refractivity contribution in [3.05, 3.63) is 29.3 Å². The average Bonchev–Trinajstić information content (AvgIpc) is 2.24. The Kier molecular flexibility index (Phi) is 4.15. The topological polar surface area (TPSA) is 66.7 Å². The van der Waals surface area contributed by atoms with Crippen molar-refractivity contribution in [1.82, 2.24) is 0 Å². The quantitative estimate of drug-likeness (QED) is 0.641. The van der Waals surface area contributed by atoms with Gasteiger partial charge >= 0.3 is 5.97 Å². The lowest BCUT2D eigenvalue weighted by molar-refractivity contribution is -0.148. The van der Waals surface area contributed by atoms with E-state index in [1.165, 1.54) is 0 Å². The van der Waals surface area contributed by atoms with Crippen LogP contribution in [0.4, 0.5) is 5.69 Å². The van der Waals surface area contributed by atoms with Gasteiger partial charge in [0.15, 0.2) is 0 Å². The molecule has 0 unspecified atom stereocenters. The Morgan fingerprint density at radius 2 is 1.94 bits per heavy atom. The van der Waals surface area contributed by atoms with Crippen LogP contribution in [0, 0.1) is 13.8 Å². The largest absolute Gasteiger partial charge is 0.475 e. The third kappa shape index (κ3) is 3.52. The summed E-state index contributed by atoms with van der Waals surface area (Å²) in [4.78, 5) is 25.7. The minimum absolute atomic E-state index is 0.150. The lowest BCUT2D eigenvalue weighted by atomic mass is 10.1. The van der Waals surface area contributed by atoms with Crippen molar-refractivity contribution in [2.24, 2.45) is 4.99 Å². The number of hydrogen-bond donors (Lipinski definition) is 1. The van der Waals surface area contributed by atoms with Gasteiger partial charge < -0.3 is 5.11 Å². The number of hydrogen-bond acceptors (Lipinski definition) is 3. The van der Waals surface area contributed by atoms with E-state index in [9.17, 15) is 9.59 Å². The number of Topliss-reactive ketones (excluding diaryl/α,β-unsaturated/α-hetero) is 1. The zero-order valence-corrected chi connectivity index (χ0v) is 10.2. The number of aryl methyl sites for hydroxylation is 1. The van der Waals surface area contributed by atoms with E-state index < -0.39 is 11.8 Å². The maximum atomic E-state index is 11.0. The first-order valence-electron chi connectivity index (χ1n) is 5.28. The van der Waals surface area contributed by atoms with E-state index in [4.69, 9.17) is 5.11 Å². The molecule has 0 aliphatic rings. The van der Waals surface area contributed by atoms with Crippen molar-refractivity contribution in [2.75, 3.05) is 0 Å². The Labute approximate surface area is 100.0 Å². The fourth-order valence-corrected chi connectivity index (χ4v) is 1.41. The summed E-state index contributed by atoms with van der Waals surface area (Å²) in [6.07, 6.45) is -0.150. The van der Waals surface area contributed by atoms with Crippen molar-refractivity contribution in [2.45, 2.75) is 27.2 Å². The van der Waals surface area contributed by atoms with E-state index in [-0.39, 0.29) is 6.42 Å². The lowest BCUT2D eigenvalue weighted by Crippen LogP contribution is -2.15. The number of carboxylic acids is 1. The molecular formula is C13H15NO3. The third-order valence-electron chi connectivity index (χ3n) is 2.54. The Bertz CT molecular complexity index is 489. The molecule has 90 valence electrons. The molecule has 0 aliphatic carbocycles. The monoisotopic (exact) mass is 233 g/mol. The van der Waals surface area contributed by atoms with Crippen molar-refractivity contribution in [1.29, 1.82) is 0 Å². The van der Waals surface area contributed by atoms with E-state index in [1.807, 2.05) is 32.0 Å². The molecule has 0 fully saturated rings. The van der Waals surface area contributed by atoms with Crippen LogP contribution in [0.5, 0.6) is 0 Å². The number of benzene rings is 1. The zero-order valence-electron chi connectivity index (χ0n) is 10.2. The van der Waals surface area contributed by atoms with Crippen molar-refractivity contribution in [3.8, 4) is 0 Å². The van der Waals surface area contributed by atoms with Gasteiger partial charge in [-0.05, 0) is 38.0 Å². The molecule has 0 aromatic heterocycles.